The summed E-state index contributed by atoms with van der Waals surface area (Å²) in [6, 6.07) is 2.99. The van der Waals surface area contributed by atoms with Gasteiger partial charge in [0.05, 0.1) is 16.7 Å². The van der Waals surface area contributed by atoms with Gasteiger partial charge in [0.1, 0.15) is 22.6 Å². The molecule has 0 spiro atoms. The van der Waals surface area contributed by atoms with Crippen LogP contribution in [0.2, 0.25) is 0 Å². The van der Waals surface area contributed by atoms with Crippen LogP contribution in [0.4, 0.5) is 0 Å². The molecule has 1 aromatic rings. The number of ketones is 2. The summed E-state index contributed by atoms with van der Waals surface area (Å²) in [5.74, 6) is -1.08. The number of alkyl halides is 1. The average Bonchev–Trinajstić information content (AvgIpc) is 2.86. The Balaban J connectivity index is 2.22. The first-order chi connectivity index (χ1) is 17.9. The van der Waals surface area contributed by atoms with E-state index in [1.54, 1.807) is 13.8 Å². The quantitative estimate of drug-likeness (QED) is 0.206. The van der Waals surface area contributed by atoms with Gasteiger partial charge in [0.2, 0.25) is 5.78 Å². The first-order valence-corrected chi connectivity index (χ1v) is 12.9. The van der Waals surface area contributed by atoms with Gasteiger partial charge in [0.25, 0.3) is 0 Å². The maximum Gasteiger partial charge on any atom is 0.200 e. The average molecular weight is 549 g/mol. The van der Waals surface area contributed by atoms with Gasteiger partial charge in [-0.05, 0) is 53.5 Å². The number of halogens is 1. The van der Waals surface area contributed by atoms with Gasteiger partial charge in [0.15, 0.2) is 25.0 Å². The SMILES string of the molecule is COCOc1cc(OCOC)c2c(c1)C(=O)[C@@]1(C/C=C(\C)CCC=C(C)C)OC(C)(C)[C@@H](Cl)C(=O)C1=C2O. The van der Waals surface area contributed by atoms with Crippen LogP contribution in [-0.2, 0) is 19.0 Å². The van der Waals surface area contributed by atoms with Crippen LogP contribution in [0.25, 0.3) is 5.76 Å². The molecule has 2 aliphatic rings. The van der Waals surface area contributed by atoms with Crippen LogP contribution in [0.1, 0.15) is 69.8 Å². The summed E-state index contributed by atoms with van der Waals surface area (Å²) in [5.41, 5.74) is -0.726. The van der Waals surface area contributed by atoms with Crippen molar-refractivity contribution in [2.24, 2.45) is 0 Å². The van der Waals surface area contributed by atoms with Crippen LogP contribution in [0.3, 0.4) is 0 Å². The zero-order valence-electron chi connectivity index (χ0n) is 23.1. The molecule has 1 aromatic carbocycles. The van der Waals surface area contributed by atoms with E-state index < -0.39 is 33.9 Å². The van der Waals surface area contributed by atoms with E-state index in [1.807, 2.05) is 26.8 Å². The molecule has 208 valence electrons. The number of carbonyl (C=O) groups excluding carboxylic acids is 2. The maximum absolute atomic E-state index is 14.3. The fourth-order valence-corrected chi connectivity index (χ4v) is 4.86. The summed E-state index contributed by atoms with van der Waals surface area (Å²) in [4.78, 5) is 28.0. The lowest BCUT2D eigenvalue weighted by Gasteiger charge is -2.48. The molecule has 0 radical (unpaired) electrons. The summed E-state index contributed by atoms with van der Waals surface area (Å²) < 4.78 is 27.7. The third-order valence-corrected chi connectivity index (χ3v) is 7.32. The lowest BCUT2D eigenvalue weighted by atomic mass is 9.69. The molecule has 0 saturated carbocycles. The van der Waals surface area contributed by atoms with Gasteiger partial charge in [-0.3, -0.25) is 9.59 Å². The summed E-state index contributed by atoms with van der Waals surface area (Å²) in [6.45, 7) is 9.14. The minimum absolute atomic E-state index is 0.0432. The highest BCUT2D eigenvalue weighted by atomic mass is 35.5. The van der Waals surface area contributed by atoms with Crippen LogP contribution < -0.4 is 9.47 Å². The second-order valence-electron chi connectivity index (χ2n) is 10.3. The maximum atomic E-state index is 14.3. The van der Waals surface area contributed by atoms with Crippen molar-refractivity contribution in [2.75, 3.05) is 27.8 Å². The number of fused-ring (bicyclic) bond motifs is 2. The predicted octanol–water partition coefficient (Wildman–Crippen LogP) is 5.92. The number of methoxy groups -OCH3 is 2. The molecule has 38 heavy (non-hydrogen) atoms. The first kappa shape index (κ1) is 29.9. The van der Waals surface area contributed by atoms with Crippen molar-refractivity contribution in [1.29, 1.82) is 0 Å². The van der Waals surface area contributed by atoms with Crippen LogP contribution in [-0.4, -0.2) is 61.1 Å². The molecule has 1 aliphatic heterocycles. The second kappa shape index (κ2) is 12.0. The Labute approximate surface area is 229 Å². The molecule has 2 atom stereocenters. The monoisotopic (exact) mass is 548 g/mol. The fourth-order valence-electron chi connectivity index (χ4n) is 4.71. The molecule has 1 saturated heterocycles. The van der Waals surface area contributed by atoms with Crippen molar-refractivity contribution in [2.45, 2.75) is 70.5 Å². The van der Waals surface area contributed by atoms with E-state index >= 15 is 0 Å². The van der Waals surface area contributed by atoms with Crippen molar-refractivity contribution < 1.29 is 38.4 Å². The molecular weight excluding hydrogens is 512 g/mol. The van der Waals surface area contributed by atoms with Gasteiger partial charge in [-0.15, -0.1) is 11.6 Å². The number of Topliss-reactive ketones (excluding diaryl/α,β-unsaturated/α-hetero) is 2. The van der Waals surface area contributed by atoms with Crippen LogP contribution in [0.15, 0.2) is 41.0 Å². The Morgan fingerprint density at radius 3 is 2.37 bits per heavy atom. The molecule has 1 heterocycles. The number of ether oxygens (including phenoxy) is 5. The first-order valence-electron chi connectivity index (χ1n) is 12.5. The molecule has 1 fully saturated rings. The molecule has 1 N–H and O–H groups in total. The van der Waals surface area contributed by atoms with Crippen molar-refractivity contribution in [3.63, 3.8) is 0 Å². The Kier molecular flexibility index (Phi) is 9.47. The van der Waals surface area contributed by atoms with Gasteiger partial charge in [-0.25, -0.2) is 0 Å². The number of aliphatic hydroxyl groups excluding tert-OH is 1. The van der Waals surface area contributed by atoms with Gasteiger partial charge >= 0.3 is 0 Å². The Morgan fingerprint density at radius 2 is 1.74 bits per heavy atom. The van der Waals surface area contributed by atoms with E-state index in [-0.39, 0.29) is 48.2 Å². The van der Waals surface area contributed by atoms with E-state index in [1.165, 1.54) is 31.9 Å². The topological polar surface area (TPSA) is 101 Å². The molecular formula is C29H37ClO8. The molecule has 1 aliphatic carbocycles. The minimum Gasteiger partial charge on any atom is -0.507 e. The molecule has 0 bridgehead atoms. The normalized spacial score (nSPS) is 22.6. The smallest absolute Gasteiger partial charge is 0.200 e. The van der Waals surface area contributed by atoms with Crippen LogP contribution >= 0.6 is 11.6 Å². The van der Waals surface area contributed by atoms with Gasteiger partial charge in [-0.2, -0.15) is 0 Å². The van der Waals surface area contributed by atoms with Gasteiger partial charge in [0, 0.05) is 32.3 Å². The standard InChI is InChI=1S/C29H37ClO8/c1-17(2)9-8-10-18(3)11-12-29-23(25(32)26(30)28(4,5)38-29)24(31)22-20(27(29)33)13-19(36-15-34-6)14-21(22)37-16-35-7/h9,11,13-14,26,31H,8,10,12,15-16H2,1-7H3/b18-11+/t26-,29-/m0/s1. The van der Waals surface area contributed by atoms with Crippen molar-refractivity contribution >= 4 is 28.9 Å². The molecule has 0 amide bonds. The van der Waals surface area contributed by atoms with E-state index in [2.05, 4.69) is 6.08 Å². The molecule has 3 rings (SSSR count). The Hall–Kier alpha value is -2.65. The summed E-state index contributed by atoms with van der Waals surface area (Å²) in [5, 5.41) is 10.5. The number of hydrogen-bond acceptors (Lipinski definition) is 8. The zero-order chi connectivity index (χ0) is 28.3. The lowest BCUT2D eigenvalue weighted by Crippen LogP contribution is -2.62. The van der Waals surface area contributed by atoms with Crippen LogP contribution in [0, 0.1) is 0 Å². The van der Waals surface area contributed by atoms with Crippen molar-refractivity contribution in [1.82, 2.24) is 0 Å². The summed E-state index contributed by atoms with van der Waals surface area (Å²) >= 11 is 6.51. The number of allylic oxidation sites excluding steroid dienone is 3. The third kappa shape index (κ3) is 5.83. The highest BCUT2D eigenvalue weighted by Gasteiger charge is 2.61. The third-order valence-electron chi connectivity index (χ3n) is 6.59. The van der Waals surface area contributed by atoms with Crippen LogP contribution in [0.5, 0.6) is 11.5 Å². The fraction of sp³-hybridized carbons (Fsp3) is 0.517. The minimum atomic E-state index is -1.78. The van der Waals surface area contributed by atoms with E-state index in [0.717, 1.165) is 18.4 Å². The molecule has 0 unspecified atom stereocenters. The Bertz CT molecular complexity index is 1180. The molecule has 8 nitrogen and oxygen atoms in total. The van der Waals surface area contributed by atoms with Gasteiger partial charge < -0.3 is 28.8 Å². The summed E-state index contributed by atoms with van der Waals surface area (Å²) in [6.07, 6.45) is 5.69. The number of hydrogen-bond donors (Lipinski definition) is 1. The lowest BCUT2D eigenvalue weighted by molar-refractivity contribution is -0.147. The summed E-state index contributed by atoms with van der Waals surface area (Å²) in [7, 11) is 2.91. The predicted molar refractivity (Wildman–Crippen MR) is 145 cm³/mol. The van der Waals surface area contributed by atoms with E-state index in [0.29, 0.717) is 0 Å². The van der Waals surface area contributed by atoms with Crippen molar-refractivity contribution in [3.8, 4) is 11.5 Å². The van der Waals surface area contributed by atoms with Crippen molar-refractivity contribution in [3.05, 3.63) is 52.1 Å². The largest absolute Gasteiger partial charge is 0.507 e. The van der Waals surface area contributed by atoms with E-state index in [9.17, 15) is 14.7 Å². The number of rotatable bonds is 11. The van der Waals surface area contributed by atoms with Gasteiger partial charge in [-0.1, -0.05) is 23.3 Å². The second-order valence-corrected chi connectivity index (χ2v) is 10.8. The molecule has 0 aromatic heterocycles. The highest BCUT2D eigenvalue weighted by Crippen LogP contribution is 2.51. The van der Waals surface area contributed by atoms with E-state index in [4.69, 9.17) is 35.3 Å². The Morgan fingerprint density at radius 1 is 1.08 bits per heavy atom. The number of benzene rings is 1. The zero-order valence-corrected chi connectivity index (χ0v) is 23.9. The molecule has 9 heteroatoms. The number of carbonyl (C=O) groups is 2. The highest BCUT2D eigenvalue weighted by molar-refractivity contribution is 6.38. The number of aliphatic hydroxyl groups is 1.